The minimum atomic E-state index is -0.363. The van der Waals surface area contributed by atoms with E-state index in [0.29, 0.717) is 13.1 Å². The Morgan fingerprint density at radius 1 is 1.48 bits per heavy atom. The molecule has 0 aliphatic carbocycles. The van der Waals surface area contributed by atoms with Crippen LogP contribution in [-0.2, 0) is 0 Å². The Hall–Kier alpha value is -1.27. The summed E-state index contributed by atoms with van der Waals surface area (Å²) in [6, 6.07) is 6.41. The summed E-state index contributed by atoms with van der Waals surface area (Å²) in [4.78, 5) is 15.0. The summed E-state index contributed by atoms with van der Waals surface area (Å²) < 4.78 is 12.8. The van der Waals surface area contributed by atoms with E-state index in [1.807, 2.05) is 0 Å². The Labute approximate surface area is 141 Å². The zero-order valence-electron chi connectivity index (χ0n) is 13.5. The van der Waals surface area contributed by atoms with Gasteiger partial charge in [0.2, 0.25) is 0 Å². The van der Waals surface area contributed by atoms with Crippen molar-refractivity contribution in [2.75, 3.05) is 25.4 Å². The van der Waals surface area contributed by atoms with Crippen LogP contribution in [0.4, 0.5) is 9.18 Å². The van der Waals surface area contributed by atoms with E-state index in [1.54, 1.807) is 35.7 Å². The molecule has 4 nitrogen and oxygen atoms in total. The Morgan fingerprint density at radius 2 is 2.22 bits per heavy atom. The predicted octanol–water partition coefficient (Wildman–Crippen LogP) is 3.11. The number of nitrogens with one attached hydrogen (secondary N) is 1. The van der Waals surface area contributed by atoms with Crippen LogP contribution in [0.5, 0.6) is 0 Å². The molecule has 1 aliphatic heterocycles. The van der Waals surface area contributed by atoms with Crippen LogP contribution in [0.15, 0.2) is 29.2 Å². The summed E-state index contributed by atoms with van der Waals surface area (Å²) in [6.07, 6.45) is 2.43. The van der Waals surface area contributed by atoms with Gasteiger partial charge < -0.3 is 15.3 Å². The molecular weight excluding hydrogens is 315 g/mol. The molecule has 0 saturated carbocycles. The summed E-state index contributed by atoms with van der Waals surface area (Å²) in [7, 11) is 0. The zero-order valence-corrected chi connectivity index (χ0v) is 14.3. The van der Waals surface area contributed by atoms with Crippen molar-refractivity contribution in [3.05, 3.63) is 30.1 Å². The maximum Gasteiger partial charge on any atom is 0.317 e. The largest absolute Gasteiger partial charge is 0.393 e. The molecule has 1 aromatic rings. The SMILES string of the molecule is C[C@@H](O)[C@@H]1CCCN(C(=O)NCCCSc2ccc(F)cc2)C1. The summed E-state index contributed by atoms with van der Waals surface area (Å²) in [5.74, 6) is 0.838. The number of benzene rings is 1. The second kappa shape index (κ2) is 9.13. The second-order valence-corrected chi connectivity index (χ2v) is 7.15. The number of aliphatic hydroxyl groups excluding tert-OH is 1. The lowest BCUT2D eigenvalue weighted by Crippen LogP contribution is -2.47. The molecule has 1 heterocycles. The molecular formula is C17H25FN2O2S. The smallest absolute Gasteiger partial charge is 0.317 e. The van der Waals surface area contributed by atoms with Gasteiger partial charge in [0, 0.05) is 30.4 Å². The van der Waals surface area contributed by atoms with Crippen LogP contribution in [0.25, 0.3) is 0 Å². The second-order valence-electron chi connectivity index (χ2n) is 5.98. The molecule has 0 radical (unpaired) electrons. The fourth-order valence-electron chi connectivity index (χ4n) is 2.69. The highest BCUT2D eigenvalue weighted by molar-refractivity contribution is 7.99. The third-order valence-corrected chi connectivity index (χ3v) is 5.21. The molecule has 1 fully saturated rings. The third-order valence-electron chi connectivity index (χ3n) is 4.11. The molecule has 2 rings (SSSR count). The minimum absolute atomic E-state index is 0.0397. The van der Waals surface area contributed by atoms with Crippen molar-refractivity contribution in [3.8, 4) is 0 Å². The van der Waals surface area contributed by atoms with Crippen molar-refractivity contribution in [1.29, 1.82) is 0 Å². The molecule has 1 aliphatic rings. The summed E-state index contributed by atoms with van der Waals surface area (Å²) >= 11 is 1.66. The van der Waals surface area contributed by atoms with Crippen LogP contribution in [0.3, 0.4) is 0 Å². The number of amides is 2. The van der Waals surface area contributed by atoms with E-state index in [-0.39, 0.29) is 23.9 Å². The Bertz CT molecular complexity index is 496. The number of piperidine rings is 1. The number of nitrogens with zero attached hydrogens (tertiary/aromatic N) is 1. The van der Waals surface area contributed by atoms with Gasteiger partial charge in [-0.3, -0.25) is 0 Å². The highest BCUT2D eigenvalue weighted by Crippen LogP contribution is 2.20. The lowest BCUT2D eigenvalue weighted by Gasteiger charge is -2.34. The van der Waals surface area contributed by atoms with E-state index >= 15 is 0 Å². The van der Waals surface area contributed by atoms with E-state index < -0.39 is 0 Å². The molecule has 2 amide bonds. The molecule has 2 N–H and O–H groups in total. The maximum atomic E-state index is 12.8. The number of thioether (sulfide) groups is 1. The highest BCUT2D eigenvalue weighted by Gasteiger charge is 2.26. The van der Waals surface area contributed by atoms with Crippen LogP contribution < -0.4 is 5.32 Å². The van der Waals surface area contributed by atoms with Crippen molar-refractivity contribution < 1.29 is 14.3 Å². The Morgan fingerprint density at radius 3 is 2.91 bits per heavy atom. The molecule has 6 heteroatoms. The van der Waals surface area contributed by atoms with Gasteiger partial charge in [-0.05, 0) is 56.2 Å². The molecule has 1 saturated heterocycles. The Balaban J connectivity index is 1.62. The first-order chi connectivity index (χ1) is 11.1. The van der Waals surface area contributed by atoms with Crippen LogP contribution in [-0.4, -0.2) is 47.5 Å². The van der Waals surface area contributed by atoms with Gasteiger partial charge in [-0.15, -0.1) is 11.8 Å². The third kappa shape index (κ3) is 6.03. The van der Waals surface area contributed by atoms with Gasteiger partial charge in [0.15, 0.2) is 0 Å². The number of hydrogen-bond donors (Lipinski definition) is 2. The lowest BCUT2D eigenvalue weighted by atomic mass is 9.94. The lowest BCUT2D eigenvalue weighted by molar-refractivity contribution is 0.0740. The van der Waals surface area contributed by atoms with Crippen LogP contribution in [0.1, 0.15) is 26.2 Å². The van der Waals surface area contributed by atoms with Crippen LogP contribution >= 0.6 is 11.8 Å². The van der Waals surface area contributed by atoms with Gasteiger partial charge in [0.25, 0.3) is 0 Å². The topological polar surface area (TPSA) is 52.6 Å². The quantitative estimate of drug-likeness (QED) is 0.618. The number of aliphatic hydroxyl groups is 1. The van der Waals surface area contributed by atoms with Crippen LogP contribution in [0, 0.1) is 11.7 Å². The number of hydrogen-bond acceptors (Lipinski definition) is 3. The fourth-order valence-corrected chi connectivity index (χ4v) is 3.54. The molecule has 23 heavy (non-hydrogen) atoms. The highest BCUT2D eigenvalue weighted by atomic mass is 32.2. The maximum absolute atomic E-state index is 12.8. The average molecular weight is 340 g/mol. The van der Waals surface area contributed by atoms with E-state index in [0.717, 1.165) is 36.5 Å². The van der Waals surface area contributed by atoms with Gasteiger partial charge in [-0.25, -0.2) is 9.18 Å². The van der Waals surface area contributed by atoms with Crippen molar-refractivity contribution in [2.24, 2.45) is 5.92 Å². The van der Waals surface area contributed by atoms with Gasteiger partial charge in [-0.2, -0.15) is 0 Å². The number of rotatable bonds is 6. The number of halogens is 1. The molecule has 1 aromatic carbocycles. The Kier molecular flexibility index (Phi) is 7.17. The van der Waals surface area contributed by atoms with E-state index in [4.69, 9.17) is 0 Å². The number of carbonyl (C=O) groups is 1. The summed E-state index contributed by atoms with van der Waals surface area (Å²) in [5, 5.41) is 12.6. The molecule has 0 spiro atoms. The van der Waals surface area contributed by atoms with Gasteiger partial charge >= 0.3 is 6.03 Å². The van der Waals surface area contributed by atoms with Crippen molar-refractivity contribution in [3.63, 3.8) is 0 Å². The normalized spacial score (nSPS) is 19.4. The zero-order chi connectivity index (χ0) is 16.7. The van der Waals surface area contributed by atoms with Gasteiger partial charge in [-0.1, -0.05) is 0 Å². The van der Waals surface area contributed by atoms with Crippen molar-refractivity contribution >= 4 is 17.8 Å². The van der Waals surface area contributed by atoms with Crippen LogP contribution in [0.2, 0.25) is 0 Å². The average Bonchev–Trinajstić information content (AvgIpc) is 2.56. The first kappa shape index (κ1) is 18.1. The van der Waals surface area contributed by atoms with Gasteiger partial charge in [0.1, 0.15) is 5.82 Å². The summed E-state index contributed by atoms with van der Waals surface area (Å²) in [6.45, 7) is 3.81. The van der Waals surface area contributed by atoms with Crippen molar-refractivity contribution in [1.82, 2.24) is 10.2 Å². The monoisotopic (exact) mass is 340 g/mol. The van der Waals surface area contributed by atoms with Crippen molar-refractivity contribution in [2.45, 2.75) is 37.2 Å². The van der Waals surface area contributed by atoms with E-state index in [2.05, 4.69) is 5.32 Å². The molecule has 128 valence electrons. The minimum Gasteiger partial charge on any atom is -0.393 e. The molecule has 0 aromatic heterocycles. The first-order valence-corrected chi connectivity index (χ1v) is 9.14. The molecule has 2 atom stereocenters. The van der Waals surface area contributed by atoms with E-state index in [9.17, 15) is 14.3 Å². The van der Waals surface area contributed by atoms with E-state index in [1.165, 1.54) is 12.1 Å². The standard InChI is InChI=1S/C17H25FN2O2S/c1-13(21)14-4-2-10-20(12-14)17(22)19-9-3-11-23-16-7-5-15(18)6-8-16/h5-8,13-14,21H,2-4,9-12H2,1H3,(H,19,22)/t13-,14-/m1/s1. The predicted molar refractivity (Wildman–Crippen MR) is 91.1 cm³/mol. The number of carbonyl (C=O) groups excluding carboxylic acids is 1. The fraction of sp³-hybridized carbons (Fsp3) is 0.588. The first-order valence-electron chi connectivity index (χ1n) is 8.15. The molecule has 0 unspecified atom stereocenters. The summed E-state index contributed by atoms with van der Waals surface area (Å²) in [5.41, 5.74) is 0. The molecule has 0 bridgehead atoms. The van der Waals surface area contributed by atoms with Gasteiger partial charge in [0.05, 0.1) is 6.10 Å². The number of urea groups is 1. The number of likely N-dealkylation sites (tertiary alicyclic amines) is 1.